The van der Waals surface area contributed by atoms with E-state index >= 15 is 0 Å². The zero-order valence-electron chi connectivity index (χ0n) is 7.27. The Balaban J connectivity index is 4.13. The van der Waals surface area contributed by atoms with Gasteiger partial charge >= 0.3 is 5.97 Å². The number of esters is 1. The van der Waals surface area contributed by atoms with E-state index in [0.717, 1.165) is 0 Å². The maximum Gasteiger partial charge on any atom is 0.302 e. The molecular weight excluding hydrogens is 164 g/mol. The predicted molar refractivity (Wildman–Crippen MR) is 38.6 cm³/mol. The standard InChI is InChI=1S/C6H12N2O4/c1-5(9)12-4-6(2,3)8(11)7-10/h10H,4H2,1-3H3/b8-7+. The van der Waals surface area contributed by atoms with E-state index in [9.17, 15) is 10.0 Å². The number of ether oxygens (including phenoxy) is 1. The zero-order chi connectivity index (χ0) is 9.78. The molecular formula is C6H12N2O4. The number of rotatable bonds is 3. The molecule has 0 spiro atoms. The molecule has 0 radical (unpaired) electrons. The lowest BCUT2D eigenvalue weighted by Gasteiger charge is -2.18. The summed E-state index contributed by atoms with van der Waals surface area (Å²) in [6.45, 7) is 4.10. The van der Waals surface area contributed by atoms with Crippen molar-refractivity contribution in [2.75, 3.05) is 6.61 Å². The van der Waals surface area contributed by atoms with Gasteiger partial charge in [-0.3, -0.25) is 4.79 Å². The Labute approximate surface area is 70.0 Å². The van der Waals surface area contributed by atoms with Crippen LogP contribution in [0.2, 0.25) is 0 Å². The van der Waals surface area contributed by atoms with Crippen molar-refractivity contribution in [1.29, 1.82) is 0 Å². The second-order valence-electron chi connectivity index (χ2n) is 2.96. The van der Waals surface area contributed by atoms with E-state index in [1.807, 2.05) is 0 Å². The van der Waals surface area contributed by atoms with Crippen molar-refractivity contribution in [2.24, 2.45) is 5.28 Å². The summed E-state index contributed by atoms with van der Waals surface area (Å²) in [6.07, 6.45) is 0. The summed E-state index contributed by atoms with van der Waals surface area (Å²) >= 11 is 0. The summed E-state index contributed by atoms with van der Waals surface area (Å²) in [6, 6.07) is 0. The smallest absolute Gasteiger partial charge is 0.302 e. The summed E-state index contributed by atoms with van der Waals surface area (Å²) in [5, 5.41) is 21.3. The van der Waals surface area contributed by atoms with Gasteiger partial charge in [-0.2, -0.15) is 0 Å². The van der Waals surface area contributed by atoms with E-state index in [4.69, 9.17) is 5.21 Å². The van der Waals surface area contributed by atoms with Gasteiger partial charge in [0, 0.05) is 20.8 Å². The van der Waals surface area contributed by atoms with Gasteiger partial charge in [0.1, 0.15) is 0 Å². The van der Waals surface area contributed by atoms with Gasteiger partial charge in [0.2, 0.25) is 5.54 Å². The van der Waals surface area contributed by atoms with Gasteiger partial charge in [0.15, 0.2) is 11.9 Å². The lowest BCUT2D eigenvalue weighted by atomic mass is 10.1. The third-order valence-electron chi connectivity index (χ3n) is 1.23. The number of nitrogens with zero attached hydrogens (tertiary/aromatic N) is 2. The van der Waals surface area contributed by atoms with Gasteiger partial charge in [-0.15, -0.1) is 0 Å². The topological polar surface area (TPSA) is 85.0 Å². The second-order valence-corrected chi connectivity index (χ2v) is 2.96. The molecule has 12 heavy (non-hydrogen) atoms. The lowest BCUT2D eigenvalue weighted by molar-refractivity contribution is -0.626. The number of carbonyl (C=O) groups excluding carboxylic acids is 1. The van der Waals surface area contributed by atoms with E-state index < -0.39 is 11.5 Å². The Morgan fingerprint density at radius 2 is 2.25 bits per heavy atom. The fourth-order valence-corrected chi connectivity index (χ4v) is 0.455. The van der Waals surface area contributed by atoms with Crippen LogP contribution in [0.4, 0.5) is 0 Å². The van der Waals surface area contributed by atoms with Crippen LogP contribution in [0, 0.1) is 5.21 Å². The minimum atomic E-state index is -1.04. The van der Waals surface area contributed by atoms with Gasteiger partial charge < -0.3 is 15.2 Å². The molecule has 0 amide bonds. The van der Waals surface area contributed by atoms with E-state index in [0.29, 0.717) is 0 Å². The fraction of sp³-hybridized carbons (Fsp3) is 0.833. The number of carbonyl (C=O) groups is 1. The summed E-state index contributed by atoms with van der Waals surface area (Å²) in [5.41, 5.74) is -1.04. The Kier molecular flexibility index (Phi) is 3.46. The minimum absolute atomic E-state index is 0.0793. The van der Waals surface area contributed by atoms with Gasteiger partial charge in [0.05, 0.1) is 0 Å². The first kappa shape index (κ1) is 10.7. The molecule has 0 aromatic rings. The highest BCUT2D eigenvalue weighted by Crippen LogP contribution is 2.08. The first-order valence-corrected chi connectivity index (χ1v) is 3.36. The highest BCUT2D eigenvalue weighted by Gasteiger charge is 2.30. The van der Waals surface area contributed by atoms with E-state index in [1.54, 1.807) is 0 Å². The van der Waals surface area contributed by atoms with E-state index in [1.165, 1.54) is 20.8 Å². The number of hydrogen-bond acceptors (Lipinski definition) is 4. The molecule has 1 N–H and O–H groups in total. The van der Waals surface area contributed by atoms with Crippen molar-refractivity contribution in [3.05, 3.63) is 5.21 Å². The van der Waals surface area contributed by atoms with Crippen molar-refractivity contribution < 1.29 is 19.6 Å². The van der Waals surface area contributed by atoms with Crippen molar-refractivity contribution in [2.45, 2.75) is 26.3 Å². The molecule has 6 heteroatoms. The third-order valence-corrected chi connectivity index (χ3v) is 1.23. The van der Waals surface area contributed by atoms with Crippen LogP contribution in [0.5, 0.6) is 0 Å². The maximum atomic E-state index is 10.8. The van der Waals surface area contributed by atoms with Gasteiger partial charge in [0.25, 0.3) is 0 Å². The van der Waals surface area contributed by atoms with E-state index in [2.05, 4.69) is 10.0 Å². The number of hydroxylamine groups is 1. The normalized spacial score (nSPS) is 12.8. The molecule has 0 bridgehead atoms. The lowest BCUT2D eigenvalue weighted by Crippen LogP contribution is -2.37. The molecule has 0 saturated heterocycles. The van der Waals surface area contributed by atoms with Crippen LogP contribution in [-0.4, -0.2) is 28.2 Å². The molecule has 0 fully saturated rings. The molecule has 0 atom stereocenters. The quantitative estimate of drug-likeness (QED) is 0.296. The molecule has 0 saturated carbocycles. The molecule has 0 aliphatic rings. The average Bonchev–Trinajstić information content (AvgIpc) is 1.99. The molecule has 0 heterocycles. The highest BCUT2D eigenvalue weighted by molar-refractivity contribution is 5.65. The SMILES string of the molecule is CC(=O)OCC(C)(C)/[N+]([O-])=N\O. The molecule has 0 aromatic carbocycles. The van der Waals surface area contributed by atoms with E-state index in [-0.39, 0.29) is 11.5 Å². The van der Waals surface area contributed by atoms with Crippen LogP contribution in [0.1, 0.15) is 20.8 Å². The third kappa shape index (κ3) is 3.18. The summed E-state index contributed by atoms with van der Waals surface area (Å²) in [7, 11) is 0. The first-order valence-electron chi connectivity index (χ1n) is 3.36. The highest BCUT2D eigenvalue weighted by atomic mass is 16.6. The van der Waals surface area contributed by atoms with Crippen molar-refractivity contribution in [1.82, 2.24) is 0 Å². The molecule has 0 unspecified atom stereocenters. The van der Waals surface area contributed by atoms with Crippen LogP contribution in [0.3, 0.4) is 0 Å². The van der Waals surface area contributed by atoms with Crippen LogP contribution >= 0.6 is 0 Å². The Hall–Kier alpha value is -1.33. The van der Waals surface area contributed by atoms with Crippen LogP contribution in [0.25, 0.3) is 0 Å². The molecule has 0 aliphatic heterocycles. The Morgan fingerprint density at radius 3 is 2.58 bits per heavy atom. The molecule has 6 nitrogen and oxygen atoms in total. The van der Waals surface area contributed by atoms with Crippen molar-refractivity contribution in [3.63, 3.8) is 0 Å². The van der Waals surface area contributed by atoms with Crippen LogP contribution in [0.15, 0.2) is 5.28 Å². The largest absolute Gasteiger partial charge is 0.597 e. The zero-order valence-corrected chi connectivity index (χ0v) is 7.27. The van der Waals surface area contributed by atoms with Crippen LogP contribution < -0.4 is 0 Å². The minimum Gasteiger partial charge on any atom is -0.597 e. The fourth-order valence-electron chi connectivity index (χ4n) is 0.455. The van der Waals surface area contributed by atoms with Gasteiger partial charge in [-0.25, -0.2) is 0 Å². The predicted octanol–water partition coefficient (Wildman–Crippen LogP) is 0.680. The number of hydrogen-bond donors (Lipinski definition) is 1. The average molecular weight is 176 g/mol. The Morgan fingerprint density at radius 1 is 1.75 bits per heavy atom. The summed E-state index contributed by atoms with van der Waals surface area (Å²) < 4.78 is 4.58. The Bertz CT molecular complexity index is 200. The van der Waals surface area contributed by atoms with Gasteiger partial charge in [-0.1, -0.05) is 0 Å². The molecule has 0 aromatic heterocycles. The van der Waals surface area contributed by atoms with Crippen molar-refractivity contribution >= 4 is 5.97 Å². The summed E-state index contributed by atoms with van der Waals surface area (Å²) in [5.74, 6) is -0.477. The molecule has 70 valence electrons. The molecule has 0 aliphatic carbocycles. The maximum absolute atomic E-state index is 10.8. The van der Waals surface area contributed by atoms with Gasteiger partial charge in [-0.05, 0) is 4.86 Å². The van der Waals surface area contributed by atoms with Crippen molar-refractivity contribution in [3.8, 4) is 0 Å². The van der Waals surface area contributed by atoms with Crippen LogP contribution in [-0.2, 0) is 9.53 Å². The first-order chi connectivity index (χ1) is 5.40. The summed E-state index contributed by atoms with van der Waals surface area (Å²) in [4.78, 5) is 10.4. The molecule has 0 rings (SSSR count). The monoisotopic (exact) mass is 176 g/mol. The second kappa shape index (κ2) is 3.89.